The van der Waals surface area contributed by atoms with Crippen molar-refractivity contribution in [3.8, 4) is 11.1 Å². The number of nitrogens with one attached hydrogen (secondary N) is 1. The first-order chi connectivity index (χ1) is 14.5. The standard InChI is InChI=1S/C22H24FN3O4/c1-15(27)24-12-19-14-26(22(28)30-19)18-7-8-20(21(23)11-18)17-5-3-16(4-6-17)13-25-9-2-10-29-25/h3-8,11,19H,2,9-10,12-14H2,1H3,(H,24,27). The number of amides is 2. The van der Waals surface area contributed by atoms with Gasteiger partial charge in [-0.15, -0.1) is 0 Å². The molecule has 8 heteroatoms. The summed E-state index contributed by atoms with van der Waals surface area (Å²) in [5.41, 5.74) is 2.75. The summed E-state index contributed by atoms with van der Waals surface area (Å²) in [5, 5.41) is 4.55. The molecule has 158 valence electrons. The van der Waals surface area contributed by atoms with E-state index in [1.54, 1.807) is 12.1 Å². The van der Waals surface area contributed by atoms with E-state index in [4.69, 9.17) is 9.57 Å². The van der Waals surface area contributed by atoms with Crippen molar-refractivity contribution in [1.82, 2.24) is 10.4 Å². The lowest BCUT2D eigenvalue weighted by molar-refractivity contribution is -0.119. The number of cyclic esters (lactones) is 1. The largest absolute Gasteiger partial charge is 0.442 e. The summed E-state index contributed by atoms with van der Waals surface area (Å²) in [4.78, 5) is 30.0. The van der Waals surface area contributed by atoms with Crippen LogP contribution in [0, 0.1) is 5.82 Å². The van der Waals surface area contributed by atoms with Gasteiger partial charge in [-0.1, -0.05) is 24.3 Å². The van der Waals surface area contributed by atoms with Crippen LogP contribution in [0.25, 0.3) is 11.1 Å². The van der Waals surface area contributed by atoms with Gasteiger partial charge in [-0.3, -0.25) is 14.5 Å². The second kappa shape index (κ2) is 8.81. The monoisotopic (exact) mass is 413 g/mol. The molecule has 2 aliphatic heterocycles. The van der Waals surface area contributed by atoms with Gasteiger partial charge in [0.2, 0.25) is 5.91 Å². The van der Waals surface area contributed by atoms with Gasteiger partial charge in [-0.25, -0.2) is 9.18 Å². The molecule has 1 unspecified atom stereocenters. The van der Waals surface area contributed by atoms with Crippen LogP contribution in [0.3, 0.4) is 0 Å². The first-order valence-corrected chi connectivity index (χ1v) is 9.99. The van der Waals surface area contributed by atoms with Gasteiger partial charge >= 0.3 is 6.09 Å². The number of halogens is 1. The summed E-state index contributed by atoms with van der Waals surface area (Å²) >= 11 is 0. The molecule has 0 bridgehead atoms. The molecule has 0 saturated carbocycles. The number of carbonyl (C=O) groups excluding carboxylic acids is 2. The molecule has 7 nitrogen and oxygen atoms in total. The zero-order valence-corrected chi connectivity index (χ0v) is 16.8. The molecule has 0 spiro atoms. The van der Waals surface area contributed by atoms with Gasteiger partial charge in [-0.05, 0) is 35.7 Å². The van der Waals surface area contributed by atoms with Gasteiger partial charge in [0.25, 0.3) is 0 Å². The molecule has 2 amide bonds. The summed E-state index contributed by atoms with van der Waals surface area (Å²) in [6, 6.07) is 12.4. The number of hydroxylamine groups is 2. The molecule has 0 aromatic heterocycles. The Morgan fingerprint density at radius 1 is 1.23 bits per heavy atom. The van der Waals surface area contributed by atoms with E-state index < -0.39 is 18.0 Å². The third kappa shape index (κ3) is 4.60. The zero-order chi connectivity index (χ0) is 21.1. The first kappa shape index (κ1) is 20.3. The highest BCUT2D eigenvalue weighted by atomic mass is 19.1. The molecule has 2 aromatic rings. The Kier molecular flexibility index (Phi) is 5.96. The predicted molar refractivity (Wildman–Crippen MR) is 109 cm³/mol. The van der Waals surface area contributed by atoms with E-state index in [9.17, 15) is 14.0 Å². The molecule has 4 rings (SSSR count). The van der Waals surface area contributed by atoms with Gasteiger partial charge in [0.05, 0.1) is 25.4 Å². The van der Waals surface area contributed by atoms with Crippen LogP contribution in [0.4, 0.5) is 14.9 Å². The Morgan fingerprint density at radius 3 is 2.70 bits per heavy atom. The van der Waals surface area contributed by atoms with E-state index in [1.807, 2.05) is 29.3 Å². The maximum absolute atomic E-state index is 14.8. The van der Waals surface area contributed by atoms with Crippen molar-refractivity contribution in [2.75, 3.05) is 31.1 Å². The Labute approximate surface area is 174 Å². The van der Waals surface area contributed by atoms with Crippen molar-refractivity contribution < 1.29 is 23.6 Å². The average molecular weight is 413 g/mol. The quantitative estimate of drug-likeness (QED) is 0.788. The Hall–Kier alpha value is -2.97. The number of ether oxygens (including phenoxy) is 1. The zero-order valence-electron chi connectivity index (χ0n) is 16.8. The summed E-state index contributed by atoms with van der Waals surface area (Å²) in [6.07, 6.45) is 0.0241. The number of hydrogen-bond donors (Lipinski definition) is 1. The summed E-state index contributed by atoms with van der Waals surface area (Å²) < 4.78 is 20.1. The summed E-state index contributed by atoms with van der Waals surface area (Å²) in [6.45, 7) is 4.27. The molecule has 2 aromatic carbocycles. The van der Waals surface area contributed by atoms with E-state index in [2.05, 4.69) is 5.32 Å². The van der Waals surface area contributed by atoms with E-state index in [-0.39, 0.29) is 19.0 Å². The van der Waals surface area contributed by atoms with Crippen LogP contribution in [0.2, 0.25) is 0 Å². The maximum Gasteiger partial charge on any atom is 0.414 e. The van der Waals surface area contributed by atoms with Crippen LogP contribution in [0.15, 0.2) is 42.5 Å². The molecular weight excluding hydrogens is 389 g/mol. The van der Waals surface area contributed by atoms with E-state index in [0.717, 1.165) is 30.7 Å². The molecule has 0 aliphatic carbocycles. The molecule has 2 saturated heterocycles. The SMILES string of the molecule is CC(=O)NCC1CN(c2ccc(-c3ccc(CN4CCCO4)cc3)c(F)c2)C(=O)O1. The highest BCUT2D eigenvalue weighted by Gasteiger charge is 2.32. The van der Waals surface area contributed by atoms with Crippen LogP contribution in [-0.2, 0) is 20.9 Å². The van der Waals surface area contributed by atoms with Crippen LogP contribution in [-0.4, -0.2) is 49.4 Å². The Morgan fingerprint density at radius 2 is 2.03 bits per heavy atom. The lowest BCUT2D eigenvalue weighted by Crippen LogP contribution is -2.33. The minimum atomic E-state index is -0.550. The number of anilines is 1. The van der Waals surface area contributed by atoms with Crippen LogP contribution < -0.4 is 10.2 Å². The number of nitrogens with zero attached hydrogens (tertiary/aromatic N) is 2. The van der Waals surface area contributed by atoms with Crippen molar-refractivity contribution in [2.45, 2.75) is 26.0 Å². The number of rotatable bonds is 6. The molecule has 1 N–H and O–H groups in total. The molecular formula is C22H24FN3O4. The predicted octanol–water partition coefficient (Wildman–Crippen LogP) is 3.09. The molecule has 30 heavy (non-hydrogen) atoms. The minimum absolute atomic E-state index is 0.195. The lowest BCUT2D eigenvalue weighted by Gasteiger charge is -2.15. The topological polar surface area (TPSA) is 71.1 Å². The van der Waals surface area contributed by atoms with E-state index in [1.165, 1.54) is 17.9 Å². The average Bonchev–Trinajstić information content (AvgIpc) is 3.36. The van der Waals surface area contributed by atoms with Gasteiger partial charge < -0.3 is 10.1 Å². The third-order valence-electron chi connectivity index (χ3n) is 5.17. The molecule has 2 heterocycles. The second-order valence-electron chi connectivity index (χ2n) is 7.46. The second-order valence-corrected chi connectivity index (χ2v) is 7.46. The van der Waals surface area contributed by atoms with Crippen molar-refractivity contribution in [2.24, 2.45) is 0 Å². The Balaban J connectivity index is 1.44. The normalized spacial score (nSPS) is 19.2. The fourth-order valence-electron chi connectivity index (χ4n) is 3.62. The number of benzene rings is 2. The molecule has 0 radical (unpaired) electrons. The van der Waals surface area contributed by atoms with Gasteiger partial charge in [0.15, 0.2) is 0 Å². The minimum Gasteiger partial charge on any atom is -0.442 e. The van der Waals surface area contributed by atoms with Crippen molar-refractivity contribution in [1.29, 1.82) is 0 Å². The number of carbonyl (C=O) groups is 2. The smallest absolute Gasteiger partial charge is 0.414 e. The van der Waals surface area contributed by atoms with Gasteiger partial charge in [0.1, 0.15) is 11.9 Å². The van der Waals surface area contributed by atoms with Crippen LogP contribution in [0.5, 0.6) is 0 Å². The lowest BCUT2D eigenvalue weighted by atomic mass is 10.0. The molecule has 1 atom stereocenters. The highest BCUT2D eigenvalue weighted by molar-refractivity contribution is 5.90. The van der Waals surface area contributed by atoms with E-state index >= 15 is 0 Å². The van der Waals surface area contributed by atoms with E-state index in [0.29, 0.717) is 17.8 Å². The highest BCUT2D eigenvalue weighted by Crippen LogP contribution is 2.29. The Bertz CT molecular complexity index is 928. The first-order valence-electron chi connectivity index (χ1n) is 9.99. The fraction of sp³-hybridized carbons (Fsp3) is 0.364. The van der Waals surface area contributed by atoms with Crippen LogP contribution in [0.1, 0.15) is 18.9 Å². The number of hydrogen-bond acceptors (Lipinski definition) is 5. The van der Waals surface area contributed by atoms with Crippen molar-refractivity contribution in [3.63, 3.8) is 0 Å². The van der Waals surface area contributed by atoms with Crippen molar-refractivity contribution >= 4 is 17.7 Å². The third-order valence-corrected chi connectivity index (χ3v) is 5.17. The van der Waals surface area contributed by atoms with Crippen LogP contribution >= 0.6 is 0 Å². The van der Waals surface area contributed by atoms with Gasteiger partial charge in [0, 0.05) is 25.6 Å². The van der Waals surface area contributed by atoms with Crippen molar-refractivity contribution in [3.05, 3.63) is 53.8 Å². The fourth-order valence-corrected chi connectivity index (χ4v) is 3.62. The summed E-state index contributed by atoms with van der Waals surface area (Å²) in [7, 11) is 0. The molecule has 2 aliphatic rings. The molecule has 2 fully saturated rings. The summed E-state index contributed by atoms with van der Waals surface area (Å²) in [5.74, 6) is -0.611. The maximum atomic E-state index is 14.8. The van der Waals surface area contributed by atoms with Gasteiger partial charge in [-0.2, -0.15) is 5.06 Å².